The third-order valence-electron chi connectivity index (χ3n) is 3.22. The number of ether oxygens (including phenoxy) is 1. The van der Waals surface area contributed by atoms with E-state index in [-0.39, 0.29) is 0 Å². The van der Waals surface area contributed by atoms with Crippen LogP contribution in [-0.2, 0) is 14.3 Å². The molecule has 0 unspecified atom stereocenters. The Bertz CT molecular complexity index is 429. The molecule has 0 saturated carbocycles. The van der Waals surface area contributed by atoms with E-state index < -0.39 is 74.0 Å². The Morgan fingerprint density at radius 3 is 1.56 bits per heavy atom. The molecule has 0 aliphatic carbocycles. The van der Waals surface area contributed by atoms with Crippen LogP contribution in [0.15, 0.2) is 0 Å². The van der Waals surface area contributed by atoms with Gasteiger partial charge in [-0.3, -0.25) is 0 Å². The number of carbonyl (C=O) groups is 2. The molecule has 0 aromatic rings. The summed E-state index contributed by atoms with van der Waals surface area (Å²) in [4.78, 5) is 22.6. The Balaban J connectivity index is 5.04. The zero-order valence-corrected chi connectivity index (χ0v) is 12.7. The molecule has 0 rings (SSSR count). The Morgan fingerprint density at radius 1 is 0.720 bits per heavy atom. The standard InChI is InChI=1S/C12H22O13/c13-1-3(15)5(17)7(19)8(20)9(21)12(24)25-10(11(22)23)6(18)4(16)2-14/h3-10,13-21H,1-2H2,(H,22,23)/t3-,4-,5+,6+,7-,8-,9-,10+/m1/s1. The van der Waals surface area contributed by atoms with Gasteiger partial charge in [0.25, 0.3) is 0 Å². The van der Waals surface area contributed by atoms with Crippen molar-refractivity contribution in [2.24, 2.45) is 0 Å². The predicted molar refractivity (Wildman–Crippen MR) is 73.7 cm³/mol. The number of hydrogen-bond donors (Lipinski definition) is 10. The van der Waals surface area contributed by atoms with Crippen LogP contribution in [0, 0.1) is 0 Å². The summed E-state index contributed by atoms with van der Waals surface area (Å²) in [6, 6.07) is 0. The molecule has 25 heavy (non-hydrogen) atoms. The monoisotopic (exact) mass is 374 g/mol. The zero-order chi connectivity index (χ0) is 19.9. The summed E-state index contributed by atoms with van der Waals surface area (Å²) < 4.78 is 4.22. The number of aliphatic carboxylic acids is 1. The SMILES string of the molecule is O=C(O)[C@@H](OC(=O)[C@H](O)[C@H](O)[C@H](O)[C@@H](O)[C@H](O)CO)[C@@H](O)[C@H](O)CO. The van der Waals surface area contributed by atoms with E-state index in [0.29, 0.717) is 0 Å². The van der Waals surface area contributed by atoms with Crippen molar-refractivity contribution in [3.8, 4) is 0 Å². The number of carboxylic acids is 1. The molecule has 0 aliphatic rings. The third-order valence-corrected chi connectivity index (χ3v) is 3.22. The van der Waals surface area contributed by atoms with Crippen LogP contribution in [0.1, 0.15) is 0 Å². The molecular formula is C12H22O13. The summed E-state index contributed by atoms with van der Waals surface area (Å²) in [6.07, 6.45) is -18.2. The van der Waals surface area contributed by atoms with Crippen LogP contribution in [0.3, 0.4) is 0 Å². The van der Waals surface area contributed by atoms with Crippen molar-refractivity contribution in [2.45, 2.75) is 48.8 Å². The fourth-order valence-corrected chi connectivity index (χ4v) is 1.63. The normalized spacial score (nSPS) is 21.3. The summed E-state index contributed by atoms with van der Waals surface area (Å²) in [5.41, 5.74) is 0. The van der Waals surface area contributed by atoms with E-state index in [1.807, 2.05) is 0 Å². The van der Waals surface area contributed by atoms with E-state index in [1.54, 1.807) is 0 Å². The molecular weight excluding hydrogens is 352 g/mol. The molecule has 0 radical (unpaired) electrons. The molecule has 0 heterocycles. The Morgan fingerprint density at radius 2 is 1.16 bits per heavy atom. The predicted octanol–water partition coefficient (Wildman–Crippen LogP) is -6.51. The van der Waals surface area contributed by atoms with Crippen LogP contribution in [0.5, 0.6) is 0 Å². The largest absolute Gasteiger partial charge is 0.478 e. The minimum Gasteiger partial charge on any atom is -0.478 e. The first kappa shape index (κ1) is 23.6. The van der Waals surface area contributed by atoms with Gasteiger partial charge in [0.05, 0.1) is 13.2 Å². The summed E-state index contributed by atoms with van der Waals surface area (Å²) in [5, 5.41) is 91.8. The molecule has 0 fully saturated rings. The second kappa shape index (κ2) is 10.5. The van der Waals surface area contributed by atoms with Gasteiger partial charge in [0.2, 0.25) is 6.10 Å². The smallest absolute Gasteiger partial charge is 0.347 e. The van der Waals surface area contributed by atoms with Crippen molar-refractivity contribution in [2.75, 3.05) is 13.2 Å². The number of hydrogen-bond acceptors (Lipinski definition) is 12. The molecule has 0 amide bonds. The maximum Gasteiger partial charge on any atom is 0.347 e. The summed E-state index contributed by atoms with van der Waals surface area (Å²) in [6.45, 7) is -2.09. The lowest BCUT2D eigenvalue weighted by molar-refractivity contribution is -0.194. The van der Waals surface area contributed by atoms with E-state index in [4.69, 9.17) is 25.5 Å². The zero-order valence-electron chi connectivity index (χ0n) is 12.7. The van der Waals surface area contributed by atoms with Crippen LogP contribution in [0.4, 0.5) is 0 Å². The van der Waals surface area contributed by atoms with Gasteiger partial charge in [-0.2, -0.15) is 0 Å². The van der Waals surface area contributed by atoms with Gasteiger partial charge in [-0.1, -0.05) is 0 Å². The summed E-state index contributed by atoms with van der Waals surface area (Å²) >= 11 is 0. The molecule has 13 heteroatoms. The number of carboxylic acid groups (broad SMARTS) is 1. The first-order chi connectivity index (χ1) is 11.5. The van der Waals surface area contributed by atoms with Crippen LogP contribution >= 0.6 is 0 Å². The second-order valence-electron chi connectivity index (χ2n) is 5.10. The first-order valence-electron chi connectivity index (χ1n) is 6.91. The van der Waals surface area contributed by atoms with Crippen LogP contribution < -0.4 is 0 Å². The highest BCUT2D eigenvalue weighted by atomic mass is 16.6. The Kier molecular flexibility index (Phi) is 9.95. The molecule has 0 aromatic heterocycles. The molecule has 0 saturated heterocycles. The van der Waals surface area contributed by atoms with Crippen molar-refractivity contribution >= 4 is 11.9 Å². The number of carbonyl (C=O) groups excluding carboxylic acids is 1. The van der Waals surface area contributed by atoms with Crippen LogP contribution in [0.2, 0.25) is 0 Å². The third kappa shape index (κ3) is 6.43. The van der Waals surface area contributed by atoms with E-state index in [0.717, 1.165) is 0 Å². The van der Waals surface area contributed by atoms with Crippen molar-refractivity contribution in [1.82, 2.24) is 0 Å². The summed E-state index contributed by atoms with van der Waals surface area (Å²) in [7, 11) is 0. The van der Waals surface area contributed by atoms with Crippen molar-refractivity contribution in [1.29, 1.82) is 0 Å². The molecule has 13 nitrogen and oxygen atoms in total. The van der Waals surface area contributed by atoms with E-state index in [1.165, 1.54) is 0 Å². The van der Waals surface area contributed by atoms with Crippen LogP contribution in [-0.4, -0.2) is 125 Å². The lowest BCUT2D eigenvalue weighted by atomic mass is 9.99. The van der Waals surface area contributed by atoms with Crippen molar-refractivity contribution in [3.05, 3.63) is 0 Å². The van der Waals surface area contributed by atoms with Gasteiger partial charge in [-0.05, 0) is 0 Å². The average molecular weight is 374 g/mol. The average Bonchev–Trinajstić information content (AvgIpc) is 2.60. The minimum atomic E-state index is -2.61. The van der Waals surface area contributed by atoms with Gasteiger partial charge in [-0.15, -0.1) is 0 Å². The molecule has 0 spiro atoms. The number of esters is 1. The maximum absolute atomic E-state index is 11.6. The highest BCUT2D eigenvalue weighted by molar-refractivity contribution is 5.81. The Labute approximate surface area is 140 Å². The van der Waals surface area contributed by atoms with Gasteiger partial charge in [-0.25, -0.2) is 9.59 Å². The number of rotatable bonds is 11. The lowest BCUT2D eigenvalue weighted by Crippen LogP contribution is -2.54. The van der Waals surface area contributed by atoms with Crippen molar-refractivity contribution in [3.63, 3.8) is 0 Å². The highest BCUT2D eigenvalue weighted by Gasteiger charge is 2.41. The number of aliphatic hydroxyl groups is 9. The molecule has 0 aliphatic heterocycles. The van der Waals surface area contributed by atoms with Gasteiger partial charge in [0.15, 0.2) is 6.10 Å². The van der Waals surface area contributed by atoms with Gasteiger partial charge >= 0.3 is 11.9 Å². The second-order valence-corrected chi connectivity index (χ2v) is 5.10. The van der Waals surface area contributed by atoms with E-state index in [9.17, 15) is 35.1 Å². The van der Waals surface area contributed by atoms with E-state index >= 15 is 0 Å². The quantitative estimate of drug-likeness (QED) is 0.151. The fourth-order valence-electron chi connectivity index (χ4n) is 1.63. The first-order valence-corrected chi connectivity index (χ1v) is 6.91. The molecule has 148 valence electrons. The molecule has 0 bridgehead atoms. The Hall–Kier alpha value is -1.42. The maximum atomic E-state index is 11.6. The highest BCUT2D eigenvalue weighted by Crippen LogP contribution is 2.12. The molecule has 0 aromatic carbocycles. The van der Waals surface area contributed by atoms with Crippen LogP contribution in [0.25, 0.3) is 0 Å². The van der Waals surface area contributed by atoms with Crippen molar-refractivity contribution < 1.29 is 65.4 Å². The van der Waals surface area contributed by atoms with Gasteiger partial charge < -0.3 is 55.8 Å². The molecule has 10 N–H and O–H groups in total. The van der Waals surface area contributed by atoms with Gasteiger partial charge in [0.1, 0.15) is 36.6 Å². The summed E-state index contributed by atoms with van der Waals surface area (Å²) in [5.74, 6) is -3.81. The number of aliphatic hydroxyl groups excluding tert-OH is 9. The topological polar surface area (TPSA) is 246 Å². The minimum absolute atomic E-state index is 1.02. The van der Waals surface area contributed by atoms with Gasteiger partial charge in [0, 0.05) is 0 Å². The molecule has 8 atom stereocenters. The lowest BCUT2D eigenvalue weighted by Gasteiger charge is -2.29. The van der Waals surface area contributed by atoms with E-state index in [2.05, 4.69) is 4.74 Å². The fraction of sp³-hybridized carbons (Fsp3) is 0.833.